The zero-order valence-corrected chi connectivity index (χ0v) is 23.6. The predicted octanol–water partition coefficient (Wildman–Crippen LogP) is 1.23. The lowest BCUT2D eigenvalue weighted by molar-refractivity contribution is -0.697. The fourth-order valence-electron chi connectivity index (χ4n) is 3.67. The number of rotatable bonds is 12. The number of halogens is 2. The number of amides is 3. The van der Waals surface area contributed by atoms with Gasteiger partial charge in [0.2, 0.25) is 5.91 Å². The molecule has 3 rings (SSSR count). The van der Waals surface area contributed by atoms with Crippen molar-refractivity contribution in [2.45, 2.75) is 32.9 Å². The van der Waals surface area contributed by atoms with Gasteiger partial charge in [-0.1, -0.05) is 55.5 Å². The van der Waals surface area contributed by atoms with Crippen LogP contribution in [0.1, 0.15) is 35.7 Å². The Morgan fingerprint density at radius 1 is 0.974 bits per heavy atom. The standard InChI is InChI=1S/C28H31BrN4O4.ClH/c1-2-15-32-20-23(18-24(29)21-32)27(35)33(25-11-7-4-8-12-25)16-13-26(34)30-14-17-37-28(36)31-19-22-9-5-3-6-10-22;/h3-12,18,20-21H,2,13-17,19H2,1H3,(H-,30,31,34,36);1H. The number of carbonyl (C=O) groups is 3. The van der Waals surface area contributed by atoms with E-state index in [1.165, 1.54) is 0 Å². The van der Waals surface area contributed by atoms with Crippen LogP contribution in [-0.4, -0.2) is 37.6 Å². The Labute approximate surface area is 237 Å². The number of hydrogen-bond acceptors (Lipinski definition) is 4. The topological polar surface area (TPSA) is 91.6 Å². The summed E-state index contributed by atoms with van der Waals surface area (Å²) in [4.78, 5) is 39.4. The molecule has 0 spiro atoms. The van der Waals surface area contributed by atoms with E-state index in [9.17, 15) is 14.4 Å². The van der Waals surface area contributed by atoms with E-state index in [0.717, 1.165) is 23.0 Å². The van der Waals surface area contributed by atoms with E-state index in [2.05, 4.69) is 33.5 Å². The van der Waals surface area contributed by atoms with Gasteiger partial charge in [0.1, 0.15) is 18.7 Å². The Morgan fingerprint density at radius 3 is 2.34 bits per heavy atom. The number of anilines is 1. The summed E-state index contributed by atoms with van der Waals surface area (Å²) < 4.78 is 7.90. The maximum atomic E-state index is 13.5. The summed E-state index contributed by atoms with van der Waals surface area (Å²) in [5, 5.41) is 5.40. The maximum absolute atomic E-state index is 13.5. The number of aromatic nitrogens is 1. The van der Waals surface area contributed by atoms with Crippen molar-refractivity contribution < 1.29 is 36.1 Å². The van der Waals surface area contributed by atoms with Crippen molar-refractivity contribution in [3.05, 3.63) is 94.7 Å². The molecule has 0 unspecified atom stereocenters. The molecule has 2 N–H and O–H groups in total. The quantitative estimate of drug-likeness (QED) is 0.241. The number of benzene rings is 2. The maximum Gasteiger partial charge on any atom is 0.407 e. The minimum absolute atomic E-state index is 0. The summed E-state index contributed by atoms with van der Waals surface area (Å²) in [5.41, 5.74) is 2.20. The molecule has 1 heterocycles. The summed E-state index contributed by atoms with van der Waals surface area (Å²) >= 11 is 3.49. The molecule has 0 aliphatic heterocycles. The first kappa shape index (κ1) is 30.8. The highest BCUT2D eigenvalue weighted by Crippen LogP contribution is 2.18. The molecule has 0 bridgehead atoms. The summed E-state index contributed by atoms with van der Waals surface area (Å²) in [6.45, 7) is 3.66. The fourth-order valence-corrected chi connectivity index (χ4v) is 4.18. The van der Waals surface area contributed by atoms with Crippen LogP contribution < -0.4 is 32.5 Å². The first-order chi connectivity index (χ1) is 18.0. The summed E-state index contributed by atoms with van der Waals surface area (Å²) in [6, 6.07) is 20.6. The van der Waals surface area contributed by atoms with Gasteiger partial charge < -0.3 is 32.7 Å². The first-order valence-corrected chi connectivity index (χ1v) is 13.0. The molecular formula is C28H32BrClN4O4. The van der Waals surface area contributed by atoms with Crippen LogP contribution >= 0.6 is 15.9 Å². The molecular weight excluding hydrogens is 572 g/mol. The number of para-hydroxylation sites is 1. The largest absolute Gasteiger partial charge is 1.00 e. The van der Waals surface area contributed by atoms with Crippen molar-refractivity contribution in [3.63, 3.8) is 0 Å². The Morgan fingerprint density at radius 2 is 1.66 bits per heavy atom. The van der Waals surface area contributed by atoms with Crippen LogP contribution in [0.3, 0.4) is 0 Å². The van der Waals surface area contributed by atoms with Gasteiger partial charge in [0.15, 0.2) is 12.4 Å². The number of hydrogen-bond donors (Lipinski definition) is 2. The van der Waals surface area contributed by atoms with Crippen LogP contribution in [0.25, 0.3) is 0 Å². The van der Waals surface area contributed by atoms with E-state index in [-0.39, 0.29) is 50.3 Å². The van der Waals surface area contributed by atoms with Gasteiger partial charge in [0, 0.05) is 31.6 Å². The highest BCUT2D eigenvalue weighted by atomic mass is 79.9. The molecule has 3 amide bonds. The molecule has 3 aromatic rings. The number of nitrogens with zero attached hydrogens (tertiary/aromatic N) is 2. The number of ether oxygens (including phenoxy) is 1. The minimum atomic E-state index is -0.548. The third kappa shape index (κ3) is 10.1. The van der Waals surface area contributed by atoms with Gasteiger partial charge in [0.25, 0.3) is 5.91 Å². The van der Waals surface area contributed by atoms with Crippen molar-refractivity contribution in [2.75, 3.05) is 24.6 Å². The number of pyridine rings is 1. The molecule has 2 aromatic carbocycles. The number of carbonyl (C=O) groups excluding carboxylic acids is 3. The van der Waals surface area contributed by atoms with Gasteiger partial charge in [0.05, 0.1) is 11.0 Å². The van der Waals surface area contributed by atoms with E-state index >= 15 is 0 Å². The fraction of sp³-hybridized carbons (Fsp3) is 0.286. The molecule has 0 radical (unpaired) electrons. The Kier molecular flexibility index (Phi) is 13.3. The van der Waals surface area contributed by atoms with Gasteiger partial charge in [-0.3, -0.25) is 9.59 Å². The molecule has 202 valence electrons. The monoisotopic (exact) mass is 602 g/mol. The lowest BCUT2D eigenvalue weighted by Gasteiger charge is -2.22. The van der Waals surface area contributed by atoms with Gasteiger partial charge >= 0.3 is 6.09 Å². The van der Waals surface area contributed by atoms with Crippen LogP contribution in [0.2, 0.25) is 0 Å². The molecule has 0 saturated carbocycles. The molecule has 10 heteroatoms. The smallest absolute Gasteiger partial charge is 0.407 e. The number of aryl methyl sites for hydroxylation is 1. The second kappa shape index (κ2) is 16.4. The van der Waals surface area contributed by atoms with Crippen LogP contribution in [0, 0.1) is 0 Å². The van der Waals surface area contributed by atoms with Crippen molar-refractivity contribution >= 4 is 39.5 Å². The van der Waals surface area contributed by atoms with Crippen molar-refractivity contribution in [2.24, 2.45) is 0 Å². The van der Waals surface area contributed by atoms with Crippen molar-refractivity contribution in [1.82, 2.24) is 10.6 Å². The second-order valence-electron chi connectivity index (χ2n) is 8.35. The number of alkyl carbamates (subject to hydrolysis) is 1. The lowest BCUT2D eigenvalue weighted by Crippen LogP contribution is -3.00. The Bertz CT molecular complexity index is 1180. The summed E-state index contributed by atoms with van der Waals surface area (Å²) in [6.07, 6.45) is 4.25. The molecule has 0 saturated heterocycles. The van der Waals surface area contributed by atoms with E-state index < -0.39 is 6.09 Å². The van der Waals surface area contributed by atoms with Crippen LogP contribution in [0.4, 0.5) is 10.5 Å². The molecule has 38 heavy (non-hydrogen) atoms. The van der Waals surface area contributed by atoms with Gasteiger partial charge in [-0.25, -0.2) is 9.36 Å². The van der Waals surface area contributed by atoms with E-state index in [1.54, 1.807) is 11.0 Å². The van der Waals surface area contributed by atoms with E-state index in [0.29, 0.717) is 17.8 Å². The minimum Gasteiger partial charge on any atom is -1.00 e. The first-order valence-electron chi connectivity index (χ1n) is 12.2. The van der Waals surface area contributed by atoms with Gasteiger partial charge in [-0.05, 0) is 39.7 Å². The molecule has 8 nitrogen and oxygen atoms in total. The molecule has 0 aliphatic carbocycles. The average molecular weight is 604 g/mol. The highest BCUT2D eigenvalue weighted by molar-refractivity contribution is 9.10. The molecule has 0 aliphatic rings. The van der Waals surface area contributed by atoms with Crippen molar-refractivity contribution in [1.29, 1.82) is 0 Å². The Balaban J connectivity index is 0.00000507. The van der Waals surface area contributed by atoms with Crippen LogP contribution in [-0.2, 0) is 22.6 Å². The van der Waals surface area contributed by atoms with Crippen LogP contribution in [0.5, 0.6) is 0 Å². The molecule has 0 atom stereocenters. The summed E-state index contributed by atoms with van der Waals surface area (Å²) in [5.74, 6) is -0.430. The third-order valence-corrected chi connectivity index (χ3v) is 5.86. The number of nitrogens with one attached hydrogen (secondary N) is 2. The average Bonchev–Trinajstić information content (AvgIpc) is 2.91. The lowest BCUT2D eigenvalue weighted by atomic mass is 10.2. The Hall–Kier alpha value is -3.43. The highest BCUT2D eigenvalue weighted by Gasteiger charge is 2.22. The van der Waals surface area contributed by atoms with Crippen molar-refractivity contribution in [3.8, 4) is 0 Å². The van der Waals surface area contributed by atoms with Gasteiger partial charge in [-0.2, -0.15) is 0 Å². The zero-order valence-electron chi connectivity index (χ0n) is 21.2. The summed E-state index contributed by atoms with van der Waals surface area (Å²) in [7, 11) is 0. The van der Waals surface area contributed by atoms with Crippen LogP contribution in [0.15, 0.2) is 83.6 Å². The van der Waals surface area contributed by atoms with E-state index in [1.807, 2.05) is 77.6 Å². The zero-order chi connectivity index (χ0) is 26.5. The second-order valence-corrected chi connectivity index (χ2v) is 9.26. The third-order valence-electron chi connectivity index (χ3n) is 5.43. The predicted molar refractivity (Wildman–Crippen MR) is 145 cm³/mol. The molecule has 0 fully saturated rings. The van der Waals surface area contributed by atoms with E-state index in [4.69, 9.17) is 4.74 Å². The molecule has 1 aromatic heterocycles. The van der Waals surface area contributed by atoms with Gasteiger partial charge in [-0.15, -0.1) is 0 Å². The SMILES string of the molecule is CCC[n+]1cc(Br)cc(C(=O)N(CCC(=O)NCCOC(=O)NCc2ccccc2)c2ccccc2)c1.[Cl-]. The normalized spacial score (nSPS) is 10.2.